The summed E-state index contributed by atoms with van der Waals surface area (Å²) in [5.41, 5.74) is 6.95. The van der Waals surface area contributed by atoms with E-state index in [-0.39, 0.29) is 0 Å². The molecule has 0 amide bonds. The van der Waals surface area contributed by atoms with Gasteiger partial charge in [0.2, 0.25) is 0 Å². The molecule has 5 rings (SSSR count). The predicted octanol–water partition coefficient (Wildman–Crippen LogP) is 4.66. The van der Waals surface area contributed by atoms with Crippen LogP contribution < -0.4 is 4.90 Å². The van der Waals surface area contributed by atoms with Crippen molar-refractivity contribution in [1.29, 1.82) is 0 Å². The monoisotopic (exact) mass is 336 g/mol. The van der Waals surface area contributed by atoms with Crippen molar-refractivity contribution in [3.05, 3.63) is 59.3 Å². The van der Waals surface area contributed by atoms with Crippen molar-refractivity contribution in [3.8, 4) is 11.3 Å². The second-order valence-corrected chi connectivity index (χ2v) is 7.02. The van der Waals surface area contributed by atoms with Crippen LogP contribution in [0.3, 0.4) is 0 Å². The Morgan fingerprint density at radius 1 is 1.12 bits per heavy atom. The molecule has 0 unspecified atom stereocenters. The van der Waals surface area contributed by atoms with Gasteiger partial charge in [0.25, 0.3) is 0 Å². The van der Waals surface area contributed by atoms with Gasteiger partial charge in [-0.25, -0.2) is 4.98 Å². The zero-order valence-electron chi connectivity index (χ0n) is 13.4. The van der Waals surface area contributed by atoms with E-state index in [1.807, 2.05) is 31.7 Å². The third-order valence-corrected chi connectivity index (χ3v) is 5.13. The van der Waals surface area contributed by atoms with Crippen LogP contribution in [0.1, 0.15) is 30.1 Å². The molecule has 4 nitrogen and oxygen atoms in total. The molecule has 1 aliphatic carbocycles. The summed E-state index contributed by atoms with van der Waals surface area (Å²) in [5, 5.41) is 0.751. The highest BCUT2D eigenvalue weighted by Gasteiger charge is 2.32. The van der Waals surface area contributed by atoms with E-state index in [0.717, 1.165) is 22.9 Å². The van der Waals surface area contributed by atoms with Gasteiger partial charge in [0.05, 0.1) is 41.3 Å². The summed E-state index contributed by atoms with van der Waals surface area (Å²) in [5.74, 6) is 0.592. The topological polar surface area (TPSA) is 34.0 Å². The molecular formula is C19H17ClN4. The van der Waals surface area contributed by atoms with Crippen LogP contribution >= 0.6 is 11.6 Å². The van der Waals surface area contributed by atoms with Gasteiger partial charge in [0.15, 0.2) is 0 Å². The molecule has 0 saturated heterocycles. The summed E-state index contributed by atoms with van der Waals surface area (Å²) >= 11 is 6.32. The van der Waals surface area contributed by atoms with Gasteiger partial charge in [0.1, 0.15) is 0 Å². The number of hydrogen-bond donors (Lipinski definition) is 0. The van der Waals surface area contributed by atoms with E-state index in [4.69, 9.17) is 11.6 Å². The van der Waals surface area contributed by atoms with Crippen molar-refractivity contribution in [3.63, 3.8) is 0 Å². The van der Waals surface area contributed by atoms with Crippen molar-refractivity contribution >= 4 is 23.0 Å². The first-order valence-corrected chi connectivity index (χ1v) is 8.63. The Kier molecular flexibility index (Phi) is 2.98. The number of aromatic nitrogens is 3. The van der Waals surface area contributed by atoms with Crippen LogP contribution in [-0.2, 0) is 13.6 Å². The van der Waals surface area contributed by atoms with E-state index >= 15 is 0 Å². The van der Waals surface area contributed by atoms with Gasteiger partial charge in [-0.2, -0.15) is 0 Å². The molecule has 3 aromatic rings. The standard InChI is InChI=1S/C19H17ClN4/c1-23-11-22-15-10-24(16-3-2-8-21-18(16)12-4-5-12)17-9-13(20)6-7-14(17)19(15)23/h2-3,6-9,11-12H,4-5,10H2,1H3. The fourth-order valence-corrected chi connectivity index (χ4v) is 3.79. The maximum Gasteiger partial charge on any atom is 0.0952 e. The average molecular weight is 337 g/mol. The van der Waals surface area contributed by atoms with Gasteiger partial charge in [-0.05, 0) is 43.2 Å². The van der Waals surface area contributed by atoms with E-state index in [0.29, 0.717) is 5.92 Å². The molecule has 1 saturated carbocycles. The fourth-order valence-electron chi connectivity index (χ4n) is 3.63. The number of aryl methyl sites for hydroxylation is 1. The molecule has 120 valence electrons. The van der Waals surface area contributed by atoms with E-state index in [9.17, 15) is 0 Å². The molecule has 2 aromatic heterocycles. The molecule has 0 atom stereocenters. The summed E-state index contributed by atoms with van der Waals surface area (Å²) in [6, 6.07) is 10.3. The van der Waals surface area contributed by atoms with Crippen LogP contribution in [0.4, 0.5) is 11.4 Å². The molecule has 1 aliphatic heterocycles. The van der Waals surface area contributed by atoms with Crippen LogP contribution in [0, 0.1) is 0 Å². The van der Waals surface area contributed by atoms with Gasteiger partial charge in [-0.3, -0.25) is 4.98 Å². The molecule has 24 heavy (non-hydrogen) atoms. The van der Waals surface area contributed by atoms with Gasteiger partial charge in [0, 0.05) is 29.7 Å². The second-order valence-electron chi connectivity index (χ2n) is 6.58. The SMILES string of the molecule is Cn1cnc2c1-c1ccc(Cl)cc1N(c1cccnc1C1CC1)C2. The number of nitrogens with zero attached hydrogens (tertiary/aromatic N) is 4. The third kappa shape index (κ3) is 2.06. The van der Waals surface area contributed by atoms with E-state index in [1.165, 1.54) is 35.5 Å². The van der Waals surface area contributed by atoms with Gasteiger partial charge >= 0.3 is 0 Å². The Hall–Kier alpha value is -2.33. The number of fused-ring (bicyclic) bond motifs is 3. The molecule has 0 N–H and O–H groups in total. The number of pyridine rings is 1. The highest BCUT2D eigenvalue weighted by molar-refractivity contribution is 6.31. The first kappa shape index (κ1) is 14.1. The number of imidazole rings is 1. The minimum atomic E-state index is 0.592. The molecule has 3 heterocycles. The zero-order chi connectivity index (χ0) is 16.3. The summed E-state index contributed by atoms with van der Waals surface area (Å²) in [7, 11) is 2.04. The number of benzene rings is 1. The predicted molar refractivity (Wildman–Crippen MR) is 95.7 cm³/mol. The highest BCUT2D eigenvalue weighted by Crippen LogP contribution is 2.48. The lowest BCUT2D eigenvalue weighted by molar-refractivity contribution is 0.883. The summed E-state index contributed by atoms with van der Waals surface area (Å²) in [4.78, 5) is 11.6. The minimum Gasteiger partial charge on any atom is -0.333 e. The summed E-state index contributed by atoms with van der Waals surface area (Å²) < 4.78 is 2.09. The maximum absolute atomic E-state index is 6.32. The van der Waals surface area contributed by atoms with Gasteiger partial charge in [-0.1, -0.05) is 11.6 Å². The molecular weight excluding hydrogens is 320 g/mol. The Labute approximate surface area is 145 Å². The van der Waals surface area contributed by atoms with Crippen LogP contribution in [0.5, 0.6) is 0 Å². The number of hydrogen-bond acceptors (Lipinski definition) is 3. The largest absolute Gasteiger partial charge is 0.333 e. The number of anilines is 2. The second kappa shape index (κ2) is 5.08. The van der Waals surface area contributed by atoms with Crippen molar-refractivity contribution in [2.75, 3.05) is 4.90 Å². The smallest absolute Gasteiger partial charge is 0.0952 e. The number of rotatable bonds is 2. The lowest BCUT2D eigenvalue weighted by Gasteiger charge is -2.32. The lowest BCUT2D eigenvalue weighted by Crippen LogP contribution is -2.23. The van der Waals surface area contributed by atoms with Crippen molar-refractivity contribution in [2.45, 2.75) is 25.3 Å². The minimum absolute atomic E-state index is 0.592. The molecule has 2 aliphatic rings. The Morgan fingerprint density at radius 2 is 2.00 bits per heavy atom. The average Bonchev–Trinajstić information content (AvgIpc) is 3.38. The molecule has 0 bridgehead atoms. The normalized spacial score (nSPS) is 16.0. The van der Waals surface area contributed by atoms with Gasteiger partial charge < -0.3 is 9.47 Å². The summed E-state index contributed by atoms with van der Waals surface area (Å²) in [6.07, 6.45) is 6.24. The Morgan fingerprint density at radius 3 is 2.83 bits per heavy atom. The van der Waals surface area contributed by atoms with Crippen LogP contribution in [0.25, 0.3) is 11.3 Å². The third-order valence-electron chi connectivity index (χ3n) is 4.90. The molecule has 1 aromatic carbocycles. The fraction of sp³-hybridized carbons (Fsp3) is 0.263. The number of halogens is 1. The molecule has 0 radical (unpaired) electrons. The van der Waals surface area contributed by atoms with Crippen LogP contribution in [-0.4, -0.2) is 14.5 Å². The zero-order valence-corrected chi connectivity index (χ0v) is 14.2. The lowest BCUT2D eigenvalue weighted by atomic mass is 10.0. The molecule has 5 heteroatoms. The van der Waals surface area contributed by atoms with Crippen molar-refractivity contribution in [2.24, 2.45) is 7.05 Å². The van der Waals surface area contributed by atoms with Crippen LogP contribution in [0.2, 0.25) is 5.02 Å². The summed E-state index contributed by atoms with van der Waals surface area (Å²) in [6.45, 7) is 0.745. The van der Waals surface area contributed by atoms with Crippen molar-refractivity contribution in [1.82, 2.24) is 14.5 Å². The van der Waals surface area contributed by atoms with Gasteiger partial charge in [-0.15, -0.1) is 0 Å². The van der Waals surface area contributed by atoms with E-state index in [2.05, 4.69) is 37.6 Å². The van der Waals surface area contributed by atoms with Crippen LogP contribution in [0.15, 0.2) is 42.9 Å². The van der Waals surface area contributed by atoms with Crippen molar-refractivity contribution < 1.29 is 0 Å². The Balaban J connectivity index is 1.73. The van der Waals surface area contributed by atoms with E-state index in [1.54, 1.807) is 0 Å². The Bertz CT molecular complexity index is 942. The first-order chi connectivity index (χ1) is 11.7. The molecule has 1 fully saturated rings. The first-order valence-electron chi connectivity index (χ1n) is 8.25. The highest BCUT2D eigenvalue weighted by atomic mass is 35.5. The quantitative estimate of drug-likeness (QED) is 0.682. The maximum atomic E-state index is 6.32. The van der Waals surface area contributed by atoms with E-state index < -0.39 is 0 Å². The molecule has 0 spiro atoms.